The Morgan fingerprint density at radius 2 is 1.00 bits per heavy atom. The molecule has 176 valence electrons. The molecule has 0 aliphatic heterocycles. The Bertz CT molecular complexity index is 1790. The third kappa shape index (κ3) is 3.33. The summed E-state index contributed by atoms with van der Waals surface area (Å²) in [6.45, 7) is 0. The lowest BCUT2D eigenvalue weighted by atomic mass is 9.69. The van der Waals surface area contributed by atoms with Crippen molar-refractivity contribution in [3.63, 3.8) is 0 Å². The molecule has 0 fully saturated rings. The molecule has 0 aromatic heterocycles. The zero-order valence-corrected chi connectivity index (χ0v) is 21.6. The molecule has 7 rings (SSSR count). The summed E-state index contributed by atoms with van der Waals surface area (Å²) in [4.78, 5) is 0. The van der Waals surface area contributed by atoms with Crippen molar-refractivity contribution in [2.45, 2.75) is 5.60 Å². The van der Waals surface area contributed by atoms with Crippen LogP contribution in [0.2, 0.25) is 0 Å². The number of hydrogen-bond donors (Lipinski definition) is 1. The molecule has 1 N–H and O–H groups in total. The lowest BCUT2D eigenvalue weighted by Crippen LogP contribution is -2.32. The van der Waals surface area contributed by atoms with Crippen LogP contribution in [0.5, 0.6) is 0 Å². The molecular weight excluding hydrogens is 516 g/mol. The van der Waals surface area contributed by atoms with Gasteiger partial charge in [-0.25, -0.2) is 0 Å². The van der Waals surface area contributed by atoms with Crippen LogP contribution in [-0.4, -0.2) is 5.11 Å². The van der Waals surface area contributed by atoms with E-state index in [-0.39, 0.29) is 0 Å². The molecule has 6 aromatic carbocycles. The first-order chi connectivity index (χ1) is 18.2. The summed E-state index contributed by atoms with van der Waals surface area (Å²) in [5.74, 6) is 0. The van der Waals surface area contributed by atoms with Gasteiger partial charge in [-0.3, -0.25) is 0 Å². The smallest absolute Gasteiger partial charge is 0.142 e. The van der Waals surface area contributed by atoms with Crippen molar-refractivity contribution in [1.82, 2.24) is 0 Å². The van der Waals surface area contributed by atoms with Crippen LogP contribution in [0.25, 0.3) is 44.2 Å². The first-order valence-corrected chi connectivity index (χ1v) is 13.2. The van der Waals surface area contributed by atoms with Crippen LogP contribution in [0, 0.1) is 0 Å². The molecular formula is C35H23BrO. The molecule has 0 spiro atoms. The Balaban J connectivity index is 1.48. The average Bonchev–Trinajstić information content (AvgIpc) is 2.97. The predicted molar refractivity (Wildman–Crippen MR) is 156 cm³/mol. The molecule has 1 atom stereocenters. The van der Waals surface area contributed by atoms with Crippen molar-refractivity contribution < 1.29 is 5.11 Å². The fraction of sp³-hybridized carbons (Fsp3) is 0.0286. The maximum Gasteiger partial charge on any atom is 0.142 e. The SMILES string of the molecule is OC1(c2ccccc2-c2ccc(-c3ccccc3)cc2)c2ccccc2-c2ccc(Br)c3cccc1c23. The van der Waals surface area contributed by atoms with Crippen LogP contribution >= 0.6 is 15.9 Å². The highest BCUT2D eigenvalue weighted by molar-refractivity contribution is 9.10. The van der Waals surface area contributed by atoms with E-state index in [1.54, 1.807) is 0 Å². The second-order valence-corrected chi connectivity index (χ2v) is 10.4. The van der Waals surface area contributed by atoms with Gasteiger partial charge in [0.1, 0.15) is 5.60 Å². The minimum absolute atomic E-state index is 0.882. The maximum atomic E-state index is 12.9. The molecule has 2 heteroatoms. The Kier molecular flexibility index (Phi) is 5.14. The van der Waals surface area contributed by atoms with Gasteiger partial charge in [-0.2, -0.15) is 0 Å². The molecule has 1 nitrogen and oxygen atoms in total. The molecule has 37 heavy (non-hydrogen) atoms. The summed E-state index contributed by atoms with van der Waals surface area (Å²) in [5.41, 5.74) is 8.08. The van der Waals surface area contributed by atoms with E-state index in [2.05, 4.69) is 119 Å². The Hall–Kier alpha value is -3.98. The van der Waals surface area contributed by atoms with Crippen LogP contribution < -0.4 is 0 Å². The Morgan fingerprint density at radius 1 is 0.432 bits per heavy atom. The van der Waals surface area contributed by atoms with Gasteiger partial charge in [0.15, 0.2) is 0 Å². The van der Waals surface area contributed by atoms with Crippen molar-refractivity contribution in [2.24, 2.45) is 0 Å². The van der Waals surface area contributed by atoms with Crippen molar-refractivity contribution in [1.29, 1.82) is 0 Å². The molecule has 0 bridgehead atoms. The second-order valence-electron chi connectivity index (χ2n) is 9.57. The fourth-order valence-corrected chi connectivity index (χ4v) is 6.35. The third-order valence-corrected chi connectivity index (χ3v) is 8.30. The van der Waals surface area contributed by atoms with Gasteiger partial charge in [-0.15, -0.1) is 0 Å². The molecule has 0 radical (unpaired) electrons. The molecule has 1 aliphatic rings. The van der Waals surface area contributed by atoms with E-state index < -0.39 is 5.60 Å². The van der Waals surface area contributed by atoms with Gasteiger partial charge < -0.3 is 5.11 Å². The van der Waals surface area contributed by atoms with Crippen molar-refractivity contribution >= 4 is 26.7 Å². The number of aliphatic hydroxyl groups is 1. The van der Waals surface area contributed by atoms with Crippen LogP contribution in [0.4, 0.5) is 0 Å². The van der Waals surface area contributed by atoms with E-state index >= 15 is 0 Å². The summed E-state index contributed by atoms with van der Waals surface area (Å²) >= 11 is 3.75. The summed E-state index contributed by atoms with van der Waals surface area (Å²) in [7, 11) is 0. The van der Waals surface area contributed by atoms with E-state index in [0.29, 0.717) is 0 Å². The van der Waals surface area contributed by atoms with E-state index in [1.807, 2.05) is 30.3 Å². The number of benzene rings is 6. The molecule has 6 aromatic rings. The number of hydrogen-bond acceptors (Lipinski definition) is 1. The van der Waals surface area contributed by atoms with Gasteiger partial charge in [0.25, 0.3) is 0 Å². The predicted octanol–water partition coefficient (Wildman–Crippen LogP) is 9.20. The monoisotopic (exact) mass is 538 g/mol. The minimum Gasteiger partial charge on any atom is -0.376 e. The standard InChI is InChI=1S/C35H23BrO/c36-33-22-21-28-27-12-5-7-15-31(27)35(37,32-16-8-13-29(33)34(28)32)30-14-6-4-11-26(30)25-19-17-24(18-20-25)23-9-2-1-3-10-23/h1-22,37H. The zero-order chi connectivity index (χ0) is 25.0. The van der Waals surface area contributed by atoms with Crippen molar-refractivity contribution in [3.05, 3.63) is 155 Å². The molecule has 0 heterocycles. The second kappa shape index (κ2) is 8.55. The molecule has 0 amide bonds. The van der Waals surface area contributed by atoms with Crippen LogP contribution in [0.1, 0.15) is 16.7 Å². The van der Waals surface area contributed by atoms with Crippen molar-refractivity contribution in [2.75, 3.05) is 0 Å². The van der Waals surface area contributed by atoms with Gasteiger partial charge in [-0.05, 0) is 50.2 Å². The summed E-state index contributed by atoms with van der Waals surface area (Å²) in [5, 5.41) is 15.1. The van der Waals surface area contributed by atoms with Gasteiger partial charge in [-0.1, -0.05) is 143 Å². The average molecular weight is 539 g/mol. The summed E-state index contributed by atoms with van der Waals surface area (Å²) in [6, 6.07) is 46.0. The van der Waals surface area contributed by atoms with E-state index in [4.69, 9.17) is 0 Å². The summed E-state index contributed by atoms with van der Waals surface area (Å²) < 4.78 is 1.03. The van der Waals surface area contributed by atoms with Gasteiger partial charge in [0, 0.05) is 21.2 Å². The van der Waals surface area contributed by atoms with Gasteiger partial charge >= 0.3 is 0 Å². The van der Waals surface area contributed by atoms with E-state index in [0.717, 1.165) is 54.2 Å². The number of rotatable bonds is 3. The van der Waals surface area contributed by atoms with Gasteiger partial charge in [0.2, 0.25) is 0 Å². The summed E-state index contributed by atoms with van der Waals surface area (Å²) in [6.07, 6.45) is 0. The van der Waals surface area contributed by atoms with Crippen LogP contribution in [-0.2, 0) is 5.60 Å². The lowest BCUT2D eigenvalue weighted by molar-refractivity contribution is 0.128. The van der Waals surface area contributed by atoms with Crippen LogP contribution in [0.3, 0.4) is 0 Å². The first-order valence-electron chi connectivity index (χ1n) is 12.5. The highest BCUT2D eigenvalue weighted by Gasteiger charge is 2.42. The Labute approximate surface area is 224 Å². The minimum atomic E-state index is -1.31. The van der Waals surface area contributed by atoms with E-state index in [1.165, 1.54) is 11.1 Å². The highest BCUT2D eigenvalue weighted by atomic mass is 79.9. The molecule has 0 saturated carbocycles. The van der Waals surface area contributed by atoms with Crippen LogP contribution in [0.15, 0.2) is 138 Å². The molecule has 0 saturated heterocycles. The van der Waals surface area contributed by atoms with Crippen molar-refractivity contribution in [3.8, 4) is 33.4 Å². The lowest BCUT2D eigenvalue weighted by Gasteiger charge is -2.38. The highest BCUT2D eigenvalue weighted by Crippen LogP contribution is 2.53. The Morgan fingerprint density at radius 3 is 1.76 bits per heavy atom. The van der Waals surface area contributed by atoms with E-state index in [9.17, 15) is 5.11 Å². The maximum absolute atomic E-state index is 12.9. The van der Waals surface area contributed by atoms with Gasteiger partial charge in [0.05, 0.1) is 0 Å². The topological polar surface area (TPSA) is 20.2 Å². The fourth-order valence-electron chi connectivity index (χ4n) is 5.89. The number of fused-ring (bicyclic) bond motifs is 2. The first kappa shape index (κ1) is 22.2. The molecule has 1 aliphatic carbocycles. The quantitative estimate of drug-likeness (QED) is 0.238. The third-order valence-electron chi connectivity index (χ3n) is 7.60. The normalized spacial score (nSPS) is 15.9. The largest absolute Gasteiger partial charge is 0.376 e. The molecule has 1 unspecified atom stereocenters. The zero-order valence-electron chi connectivity index (χ0n) is 20.0. The number of halogens is 1.